The van der Waals surface area contributed by atoms with Crippen LogP contribution in [-0.4, -0.2) is 54.5 Å². The second kappa shape index (κ2) is 8.05. The van der Waals surface area contributed by atoms with E-state index >= 15 is 0 Å². The Kier molecular flexibility index (Phi) is 5.33. The Morgan fingerprint density at radius 3 is 2.57 bits per heavy atom. The van der Waals surface area contributed by atoms with E-state index in [1.807, 2.05) is 4.90 Å². The number of benzene rings is 1. The van der Waals surface area contributed by atoms with Crippen molar-refractivity contribution < 1.29 is 13.2 Å². The molecular weight excluding hydrogens is 380 g/mol. The van der Waals surface area contributed by atoms with Crippen LogP contribution in [0.25, 0.3) is 5.69 Å². The molecule has 4 rings (SSSR count). The molecule has 0 atom stereocenters. The third-order valence-electron chi connectivity index (χ3n) is 4.35. The molecule has 9 nitrogen and oxygen atoms in total. The first-order valence-electron chi connectivity index (χ1n) is 8.86. The van der Waals surface area contributed by atoms with Gasteiger partial charge in [0, 0.05) is 31.7 Å². The van der Waals surface area contributed by atoms with Gasteiger partial charge < -0.3 is 9.64 Å². The molecule has 1 aromatic carbocycles. The molecule has 0 radical (unpaired) electrons. The van der Waals surface area contributed by atoms with E-state index < -0.39 is 10.0 Å². The summed E-state index contributed by atoms with van der Waals surface area (Å²) in [5.41, 5.74) is 1.39. The summed E-state index contributed by atoms with van der Waals surface area (Å²) in [7, 11) is -3.66. The van der Waals surface area contributed by atoms with E-state index in [0.717, 1.165) is 18.8 Å². The highest BCUT2D eigenvalue weighted by atomic mass is 32.2. The smallest absolute Gasteiger partial charge is 0.240 e. The van der Waals surface area contributed by atoms with Crippen molar-refractivity contribution in [1.82, 2.24) is 24.5 Å². The Hall–Kier alpha value is -2.82. The topological polar surface area (TPSA) is 102 Å². The highest BCUT2D eigenvalue weighted by Crippen LogP contribution is 2.14. The quantitative estimate of drug-likeness (QED) is 0.658. The maximum Gasteiger partial charge on any atom is 0.240 e. The SMILES string of the molecule is O=S(=O)(NCc1ccnc(N2CCOCC2)n1)c1ccc(-n2cccn2)cc1. The normalized spacial score (nSPS) is 14.9. The fourth-order valence-electron chi connectivity index (χ4n) is 2.85. The molecule has 3 heterocycles. The van der Waals surface area contributed by atoms with Crippen LogP contribution < -0.4 is 9.62 Å². The second-order valence-electron chi connectivity index (χ2n) is 6.22. The summed E-state index contributed by atoms with van der Waals surface area (Å²) >= 11 is 0. The molecule has 0 aliphatic carbocycles. The van der Waals surface area contributed by atoms with Gasteiger partial charge in [-0.1, -0.05) is 0 Å². The summed E-state index contributed by atoms with van der Waals surface area (Å²) in [6.07, 6.45) is 5.10. The van der Waals surface area contributed by atoms with Gasteiger partial charge in [-0.15, -0.1) is 0 Å². The Balaban J connectivity index is 1.43. The molecular formula is C18H20N6O3S. The minimum Gasteiger partial charge on any atom is -0.378 e. The minimum absolute atomic E-state index is 0.0864. The van der Waals surface area contributed by atoms with E-state index in [4.69, 9.17) is 4.74 Å². The molecule has 0 amide bonds. The summed E-state index contributed by atoms with van der Waals surface area (Å²) in [5.74, 6) is 0.587. The molecule has 0 spiro atoms. The zero-order valence-corrected chi connectivity index (χ0v) is 15.9. The lowest BCUT2D eigenvalue weighted by atomic mass is 10.3. The van der Waals surface area contributed by atoms with Gasteiger partial charge in [0.05, 0.1) is 36.0 Å². The van der Waals surface area contributed by atoms with Crippen molar-refractivity contribution in [3.63, 3.8) is 0 Å². The minimum atomic E-state index is -3.66. The van der Waals surface area contributed by atoms with Crippen molar-refractivity contribution in [3.05, 3.63) is 60.7 Å². The largest absolute Gasteiger partial charge is 0.378 e. The zero-order valence-electron chi connectivity index (χ0n) is 15.1. The molecule has 1 saturated heterocycles. The van der Waals surface area contributed by atoms with Crippen molar-refractivity contribution in [2.75, 3.05) is 31.2 Å². The number of hydrogen-bond acceptors (Lipinski definition) is 7. The zero-order chi connectivity index (χ0) is 19.4. The predicted molar refractivity (Wildman–Crippen MR) is 103 cm³/mol. The lowest BCUT2D eigenvalue weighted by Crippen LogP contribution is -2.37. The lowest BCUT2D eigenvalue weighted by Gasteiger charge is -2.26. The lowest BCUT2D eigenvalue weighted by molar-refractivity contribution is 0.122. The van der Waals surface area contributed by atoms with Gasteiger partial charge in [0.25, 0.3) is 0 Å². The van der Waals surface area contributed by atoms with Crippen LogP contribution in [-0.2, 0) is 21.3 Å². The molecule has 0 bridgehead atoms. The van der Waals surface area contributed by atoms with Crippen molar-refractivity contribution in [2.24, 2.45) is 0 Å². The van der Waals surface area contributed by atoms with Crippen LogP contribution in [0, 0.1) is 0 Å². The number of hydrogen-bond donors (Lipinski definition) is 1. The monoisotopic (exact) mass is 400 g/mol. The van der Waals surface area contributed by atoms with Crippen molar-refractivity contribution in [2.45, 2.75) is 11.4 Å². The van der Waals surface area contributed by atoms with Crippen molar-refractivity contribution >= 4 is 16.0 Å². The van der Waals surface area contributed by atoms with Gasteiger partial charge in [-0.25, -0.2) is 27.8 Å². The van der Waals surface area contributed by atoms with E-state index in [1.54, 1.807) is 59.7 Å². The second-order valence-corrected chi connectivity index (χ2v) is 7.98. The van der Waals surface area contributed by atoms with Crippen LogP contribution in [0.3, 0.4) is 0 Å². The van der Waals surface area contributed by atoms with E-state index in [2.05, 4.69) is 19.8 Å². The summed E-state index contributed by atoms with van der Waals surface area (Å²) in [4.78, 5) is 10.9. The molecule has 1 aliphatic heterocycles. The third kappa shape index (κ3) is 4.19. The first-order valence-corrected chi connectivity index (χ1v) is 10.3. The van der Waals surface area contributed by atoms with Crippen LogP contribution in [0.15, 0.2) is 59.9 Å². The summed E-state index contributed by atoms with van der Waals surface area (Å²) in [6, 6.07) is 10.0. The highest BCUT2D eigenvalue weighted by molar-refractivity contribution is 7.89. The molecule has 0 saturated carbocycles. The maximum atomic E-state index is 12.6. The van der Waals surface area contributed by atoms with E-state index in [0.29, 0.717) is 24.9 Å². The number of sulfonamides is 1. The first-order chi connectivity index (χ1) is 13.6. The van der Waals surface area contributed by atoms with Crippen LogP contribution in [0.5, 0.6) is 0 Å². The molecule has 1 N–H and O–H groups in total. The molecule has 28 heavy (non-hydrogen) atoms. The number of ether oxygens (including phenoxy) is 1. The molecule has 0 unspecified atom stereocenters. The van der Waals surface area contributed by atoms with Crippen molar-refractivity contribution in [3.8, 4) is 5.69 Å². The summed E-state index contributed by atoms with van der Waals surface area (Å²) < 4.78 is 34.8. The van der Waals surface area contributed by atoms with Crippen molar-refractivity contribution in [1.29, 1.82) is 0 Å². The standard InChI is InChI=1S/C18H20N6O3S/c25-28(26,17-4-2-16(3-5-17)24-9-1-7-20-24)21-14-15-6-8-19-18(22-15)23-10-12-27-13-11-23/h1-9,21H,10-14H2. The molecule has 3 aromatic rings. The number of rotatable bonds is 6. The van der Waals surface area contributed by atoms with Crippen LogP contribution in [0.2, 0.25) is 0 Å². The highest BCUT2D eigenvalue weighted by Gasteiger charge is 2.16. The van der Waals surface area contributed by atoms with Gasteiger partial charge in [0.15, 0.2) is 0 Å². The Morgan fingerprint density at radius 2 is 1.86 bits per heavy atom. The van der Waals surface area contributed by atoms with Gasteiger partial charge in [-0.3, -0.25) is 0 Å². The van der Waals surface area contributed by atoms with Crippen LogP contribution in [0.4, 0.5) is 5.95 Å². The van der Waals surface area contributed by atoms with E-state index in [-0.39, 0.29) is 11.4 Å². The number of anilines is 1. The van der Waals surface area contributed by atoms with E-state index in [9.17, 15) is 8.42 Å². The fourth-order valence-corrected chi connectivity index (χ4v) is 3.85. The number of aromatic nitrogens is 4. The third-order valence-corrected chi connectivity index (χ3v) is 5.77. The molecule has 1 fully saturated rings. The molecule has 1 aliphatic rings. The van der Waals surface area contributed by atoms with Gasteiger partial charge in [0.2, 0.25) is 16.0 Å². The number of nitrogens with zero attached hydrogens (tertiary/aromatic N) is 5. The average Bonchev–Trinajstić information content (AvgIpc) is 3.28. The Morgan fingerprint density at radius 1 is 1.07 bits per heavy atom. The van der Waals surface area contributed by atoms with Gasteiger partial charge >= 0.3 is 0 Å². The van der Waals surface area contributed by atoms with Gasteiger partial charge in [0.1, 0.15) is 0 Å². The van der Waals surface area contributed by atoms with Crippen LogP contribution in [0.1, 0.15) is 5.69 Å². The summed E-state index contributed by atoms with van der Waals surface area (Å²) in [5, 5.41) is 4.13. The van der Waals surface area contributed by atoms with Gasteiger partial charge in [-0.05, 0) is 36.4 Å². The Labute approximate surface area is 163 Å². The summed E-state index contributed by atoms with van der Waals surface area (Å²) in [6.45, 7) is 2.79. The molecule has 146 valence electrons. The predicted octanol–water partition coefficient (Wildman–Crippen LogP) is 0.977. The van der Waals surface area contributed by atoms with Gasteiger partial charge in [-0.2, -0.15) is 5.10 Å². The van der Waals surface area contributed by atoms with E-state index in [1.165, 1.54) is 0 Å². The van der Waals surface area contributed by atoms with Crippen LogP contribution >= 0.6 is 0 Å². The first kappa shape index (κ1) is 18.5. The molecule has 10 heteroatoms. The number of nitrogens with one attached hydrogen (secondary N) is 1. The molecule has 2 aromatic heterocycles. The average molecular weight is 400 g/mol. The fraction of sp³-hybridized carbons (Fsp3) is 0.278. The number of morpholine rings is 1. The Bertz CT molecular complexity index is 1020. The maximum absolute atomic E-state index is 12.6.